The highest BCUT2D eigenvalue weighted by Crippen LogP contribution is 2.04. The van der Waals surface area contributed by atoms with Gasteiger partial charge in [-0.25, -0.2) is 0 Å². The topological polar surface area (TPSA) is 0 Å². The second-order valence-electron chi connectivity index (χ2n) is 2.28. The smallest absolute Gasteiger partial charge is 0.0258 e. The lowest BCUT2D eigenvalue weighted by molar-refractivity contribution is 0.896. The third-order valence-corrected chi connectivity index (χ3v) is 1.46. The Balaban J connectivity index is 3.30. The van der Waals surface area contributed by atoms with Gasteiger partial charge in [-0.2, -0.15) is 0 Å². The highest BCUT2D eigenvalue weighted by Gasteiger charge is 1.84. The zero-order valence-corrected chi connectivity index (χ0v) is 7.04. The Bertz CT molecular complexity index is 84.6. The molecule has 0 aromatic rings. The highest BCUT2D eigenvalue weighted by molar-refractivity contribution is 6.17. The molecule has 0 saturated heterocycles. The summed E-state index contributed by atoms with van der Waals surface area (Å²) in [5.41, 5.74) is 1.47. The summed E-state index contributed by atoms with van der Waals surface area (Å²) in [6.45, 7) is 4.36. The molecular weight excluding hydrogens is 132 g/mol. The molecule has 0 aliphatic carbocycles. The first-order valence-corrected chi connectivity index (χ1v) is 4.06. The van der Waals surface area contributed by atoms with Crippen molar-refractivity contribution in [3.8, 4) is 0 Å². The van der Waals surface area contributed by atoms with Crippen molar-refractivity contribution < 1.29 is 0 Å². The van der Waals surface area contributed by atoms with E-state index >= 15 is 0 Å². The summed E-state index contributed by atoms with van der Waals surface area (Å²) in [4.78, 5) is 0. The van der Waals surface area contributed by atoms with Crippen LogP contribution in [0.5, 0.6) is 0 Å². The summed E-state index contributed by atoms with van der Waals surface area (Å²) < 4.78 is 0. The van der Waals surface area contributed by atoms with Gasteiger partial charge in [0.05, 0.1) is 0 Å². The fourth-order valence-electron chi connectivity index (χ4n) is 0.797. The summed E-state index contributed by atoms with van der Waals surface area (Å²) in [5, 5.41) is 0. The summed E-state index contributed by atoms with van der Waals surface area (Å²) >= 11 is 5.50. The van der Waals surface area contributed by atoms with Gasteiger partial charge in [-0.1, -0.05) is 25.0 Å². The maximum atomic E-state index is 5.50. The van der Waals surface area contributed by atoms with Crippen LogP contribution in [-0.4, -0.2) is 5.88 Å². The van der Waals surface area contributed by atoms with E-state index in [1.165, 1.54) is 18.4 Å². The lowest BCUT2D eigenvalue weighted by Gasteiger charge is -1.94. The molecule has 0 aliphatic heterocycles. The second-order valence-corrected chi connectivity index (χ2v) is 2.66. The van der Waals surface area contributed by atoms with Gasteiger partial charge in [0, 0.05) is 5.88 Å². The van der Waals surface area contributed by atoms with Crippen molar-refractivity contribution in [3.05, 3.63) is 11.6 Å². The molecule has 0 heterocycles. The molecule has 54 valence electrons. The Kier molecular flexibility index (Phi) is 6.18. The lowest BCUT2D eigenvalue weighted by atomic mass is 10.1. The van der Waals surface area contributed by atoms with Crippen LogP contribution in [0.2, 0.25) is 0 Å². The standard InChI is InChI=1S/C8H15Cl/c1-3-5-8(2)6-4-7-9/h6H,3-5,7H2,1-2H3/b8-6+. The van der Waals surface area contributed by atoms with Gasteiger partial charge in [-0.3, -0.25) is 0 Å². The first kappa shape index (κ1) is 9.03. The molecule has 0 atom stereocenters. The average Bonchev–Trinajstić information content (AvgIpc) is 1.85. The quantitative estimate of drug-likeness (QED) is 0.422. The monoisotopic (exact) mass is 146 g/mol. The zero-order chi connectivity index (χ0) is 7.11. The van der Waals surface area contributed by atoms with E-state index in [0.717, 1.165) is 12.3 Å². The average molecular weight is 147 g/mol. The molecule has 0 bridgehead atoms. The minimum Gasteiger partial charge on any atom is -0.126 e. The zero-order valence-electron chi connectivity index (χ0n) is 6.28. The van der Waals surface area contributed by atoms with Crippen molar-refractivity contribution >= 4 is 11.6 Å². The molecule has 0 nitrogen and oxygen atoms in total. The van der Waals surface area contributed by atoms with Crippen LogP contribution in [0.3, 0.4) is 0 Å². The van der Waals surface area contributed by atoms with Gasteiger partial charge in [0.25, 0.3) is 0 Å². The Morgan fingerprint density at radius 2 is 2.22 bits per heavy atom. The summed E-state index contributed by atoms with van der Waals surface area (Å²) in [6.07, 6.45) is 5.70. The number of allylic oxidation sites excluding steroid dienone is 2. The van der Waals surface area contributed by atoms with Crippen molar-refractivity contribution in [1.82, 2.24) is 0 Å². The van der Waals surface area contributed by atoms with Crippen LogP contribution in [0.15, 0.2) is 11.6 Å². The van der Waals surface area contributed by atoms with E-state index < -0.39 is 0 Å². The molecule has 0 spiro atoms. The number of halogens is 1. The normalized spacial score (nSPS) is 12.1. The third kappa shape index (κ3) is 5.91. The van der Waals surface area contributed by atoms with Gasteiger partial charge in [0.15, 0.2) is 0 Å². The fourth-order valence-corrected chi connectivity index (χ4v) is 0.906. The van der Waals surface area contributed by atoms with E-state index in [9.17, 15) is 0 Å². The molecule has 0 saturated carbocycles. The van der Waals surface area contributed by atoms with E-state index in [-0.39, 0.29) is 0 Å². The van der Waals surface area contributed by atoms with Crippen LogP contribution in [0.4, 0.5) is 0 Å². The van der Waals surface area contributed by atoms with Crippen LogP contribution >= 0.6 is 11.6 Å². The highest BCUT2D eigenvalue weighted by atomic mass is 35.5. The summed E-state index contributed by atoms with van der Waals surface area (Å²) in [5.74, 6) is 0.751. The minimum atomic E-state index is 0.751. The Morgan fingerprint density at radius 3 is 2.67 bits per heavy atom. The SMILES string of the molecule is CCC/C(C)=C/CCCl. The molecule has 0 aromatic carbocycles. The Labute approximate surface area is 62.9 Å². The van der Waals surface area contributed by atoms with Crippen molar-refractivity contribution in [2.24, 2.45) is 0 Å². The summed E-state index contributed by atoms with van der Waals surface area (Å²) in [7, 11) is 0. The molecular formula is C8H15Cl. The van der Waals surface area contributed by atoms with Crippen LogP contribution in [0, 0.1) is 0 Å². The van der Waals surface area contributed by atoms with Gasteiger partial charge >= 0.3 is 0 Å². The maximum absolute atomic E-state index is 5.50. The maximum Gasteiger partial charge on any atom is 0.0258 e. The third-order valence-electron chi connectivity index (χ3n) is 1.25. The first-order valence-electron chi connectivity index (χ1n) is 3.52. The largest absolute Gasteiger partial charge is 0.126 e. The van der Waals surface area contributed by atoms with Crippen LogP contribution in [0.25, 0.3) is 0 Å². The van der Waals surface area contributed by atoms with Crippen LogP contribution in [0.1, 0.15) is 33.1 Å². The van der Waals surface area contributed by atoms with E-state index in [0.29, 0.717) is 0 Å². The first-order chi connectivity index (χ1) is 4.31. The molecule has 0 radical (unpaired) electrons. The predicted octanol–water partition coefficient (Wildman–Crippen LogP) is 3.36. The van der Waals surface area contributed by atoms with Crippen molar-refractivity contribution in [2.75, 3.05) is 5.88 Å². The molecule has 0 fully saturated rings. The van der Waals surface area contributed by atoms with Gasteiger partial charge in [-0.05, 0) is 19.8 Å². The second kappa shape index (κ2) is 6.15. The molecule has 0 rings (SSSR count). The molecule has 1 heteroatoms. The fraction of sp³-hybridized carbons (Fsp3) is 0.750. The molecule has 0 aromatic heterocycles. The Hall–Kier alpha value is 0.0300. The van der Waals surface area contributed by atoms with Gasteiger partial charge in [-0.15, -0.1) is 11.6 Å². The van der Waals surface area contributed by atoms with E-state index in [1.54, 1.807) is 0 Å². The Morgan fingerprint density at radius 1 is 1.56 bits per heavy atom. The van der Waals surface area contributed by atoms with Crippen molar-refractivity contribution in [1.29, 1.82) is 0 Å². The van der Waals surface area contributed by atoms with E-state index in [4.69, 9.17) is 11.6 Å². The minimum absolute atomic E-state index is 0.751. The van der Waals surface area contributed by atoms with E-state index in [2.05, 4.69) is 19.9 Å². The van der Waals surface area contributed by atoms with Crippen molar-refractivity contribution in [3.63, 3.8) is 0 Å². The molecule has 9 heavy (non-hydrogen) atoms. The summed E-state index contributed by atoms with van der Waals surface area (Å²) in [6, 6.07) is 0. The molecule has 0 unspecified atom stereocenters. The van der Waals surface area contributed by atoms with Crippen LogP contribution < -0.4 is 0 Å². The number of alkyl halides is 1. The van der Waals surface area contributed by atoms with Crippen molar-refractivity contribution in [2.45, 2.75) is 33.1 Å². The van der Waals surface area contributed by atoms with E-state index in [1.807, 2.05) is 0 Å². The predicted molar refractivity (Wildman–Crippen MR) is 44.0 cm³/mol. The molecule has 0 aliphatic rings. The molecule has 0 N–H and O–H groups in total. The van der Waals surface area contributed by atoms with Gasteiger partial charge < -0.3 is 0 Å². The van der Waals surface area contributed by atoms with Crippen LogP contribution in [-0.2, 0) is 0 Å². The molecule has 0 amide bonds. The number of hydrogen-bond donors (Lipinski definition) is 0. The lowest BCUT2D eigenvalue weighted by Crippen LogP contribution is -1.76. The van der Waals surface area contributed by atoms with Gasteiger partial charge in [0.2, 0.25) is 0 Å². The van der Waals surface area contributed by atoms with Gasteiger partial charge in [0.1, 0.15) is 0 Å². The number of hydrogen-bond acceptors (Lipinski definition) is 0. The number of rotatable bonds is 4.